The molecule has 0 aliphatic carbocycles. The molecule has 1 rings (SSSR count). The third-order valence-corrected chi connectivity index (χ3v) is 5.35. The van der Waals surface area contributed by atoms with Gasteiger partial charge in [-0.15, -0.1) is 0 Å². The highest BCUT2D eigenvalue weighted by Gasteiger charge is 2.46. The van der Waals surface area contributed by atoms with Gasteiger partial charge in [0, 0.05) is 26.4 Å². The first-order valence-corrected chi connectivity index (χ1v) is 12.5. The smallest absolute Gasteiger partial charge is 0.333 e. The van der Waals surface area contributed by atoms with Crippen LogP contribution in [0.25, 0.3) is 0 Å². The van der Waals surface area contributed by atoms with Gasteiger partial charge in [0.1, 0.15) is 24.1 Å². The van der Waals surface area contributed by atoms with Gasteiger partial charge in [0.2, 0.25) is 0 Å². The Balaban J connectivity index is 3.17. The van der Waals surface area contributed by atoms with Crippen LogP contribution in [0.3, 0.4) is 0 Å². The SMILES string of the molecule is CCCCOC[C@H]1O/C(=C/C(=O)OC)[C@@H](OCCCC)[C@@H](OCCCC)[C@@H]1OCCCC. The Morgan fingerprint density at radius 2 is 1.34 bits per heavy atom. The van der Waals surface area contributed by atoms with Crippen molar-refractivity contribution in [2.24, 2.45) is 0 Å². The molecule has 0 radical (unpaired) electrons. The van der Waals surface area contributed by atoms with Gasteiger partial charge in [0.15, 0.2) is 6.10 Å². The summed E-state index contributed by atoms with van der Waals surface area (Å²) in [5, 5.41) is 0. The van der Waals surface area contributed by atoms with Gasteiger partial charge in [0.25, 0.3) is 0 Å². The minimum atomic E-state index is -0.531. The molecule has 0 saturated carbocycles. The number of carbonyl (C=O) groups is 1. The van der Waals surface area contributed by atoms with Crippen molar-refractivity contribution < 1.29 is 33.2 Å². The molecule has 7 heteroatoms. The van der Waals surface area contributed by atoms with Gasteiger partial charge in [-0.2, -0.15) is 0 Å². The fraction of sp³-hybridized carbons (Fsp3) is 0.880. The van der Waals surface area contributed by atoms with Gasteiger partial charge in [-0.1, -0.05) is 53.4 Å². The van der Waals surface area contributed by atoms with E-state index in [-0.39, 0.29) is 12.2 Å². The maximum absolute atomic E-state index is 12.1. The molecule has 0 spiro atoms. The minimum absolute atomic E-state index is 0.346. The fourth-order valence-electron chi connectivity index (χ4n) is 3.36. The van der Waals surface area contributed by atoms with E-state index in [4.69, 9.17) is 28.4 Å². The molecule has 0 amide bonds. The molecule has 0 aromatic heterocycles. The molecule has 0 aromatic rings. The lowest BCUT2D eigenvalue weighted by molar-refractivity contribution is -0.215. The van der Waals surface area contributed by atoms with E-state index in [1.54, 1.807) is 0 Å². The zero-order valence-corrected chi connectivity index (χ0v) is 20.9. The van der Waals surface area contributed by atoms with Gasteiger partial charge in [-0.05, 0) is 25.7 Å². The standard InChI is InChI=1S/C25H46O7/c1-6-10-14-28-19-21-24(30-16-12-8-3)25(31-17-13-9-4)23(29-15-11-7-2)20(32-21)18-22(26)27-5/h18,21,23-25H,6-17,19H2,1-5H3/b20-18+/t21-,23-,24-,25-/m1/s1. The summed E-state index contributed by atoms with van der Waals surface area (Å²) in [6.07, 6.45) is 7.63. The van der Waals surface area contributed by atoms with Crippen LogP contribution in [0.5, 0.6) is 0 Å². The summed E-state index contributed by atoms with van der Waals surface area (Å²) in [5.74, 6) is -0.0544. The van der Waals surface area contributed by atoms with Crippen molar-refractivity contribution in [3.05, 3.63) is 11.8 Å². The van der Waals surface area contributed by atoms with Crippen LogP contribution in [0.15, 0.2) is 11.8 Å². The summed E-state index contributed by atoms with van der Waals surface area (Å²) < 4.78 is 35.9. The van der Waals surface area contributed by atoms with Crippen LogP contribution in [0.2, 0.25) is 0 Å². The molecular formula is C25H46O7. The molecule has 32 heavy (non-hydrogen) atoms. The second-order valence-electron chi connectivity index (χ2n) is 8.18. The summed E-state index contributed by atoms with van der Waals surface area (Å²) in [7, 11) is 1.35. The molecule has 1 heterocycles. The highest BCUT2D eigenvalue weighted by molar-refractivity contribution is 5.82. The van der Waals surface area contributed by atoms with Crippen molar-refractivity contribution >= 4 is 5.97 Å². The highest BCUT2D eigenvalue weighted by atomic mass is 16.6. The Morgan fingerprint density at radius 1 is 0.812 bits per heavy atom. The second-order valence-corrected chi connectivity index (χ2v) is 8.18. The van der Waals surface area contributed by atoms with Crippen LogP contribution in [-0.2, 0) is 33.2 Å². The number of hydrogen-bond donors (Lipinski definition) is 0. The average molecular weight is 459 g/mol. The van der Waals surface area contributed by atoms with Crippen LogP contribution in [0.1, 0.15) is 79.1 Å². The first kappa shape index (κ1) is 28.9. The molecule has 188 valence electrons. The van der Waals surface area contributed by atoms with Crippen LogP contribution in [0.4, 0.5) is 0 Å². The van der Waals surface area contributed by atoms with E-state index < -0.39 is 18.2 Å². The first-order valence-electron chi connectivity index (χ1n) is 12.5. The van der Waals surface area contributed by atoms with E-state index in [1.807, 2.05) is 0 Å². The third-order valence-electron chi connectivity index (χ3n) is 5.35. The van der Waals surface area contributed by atoms with Gasteiger partial charge in [0.05, 0.1) is 19.8 Å². The largest absolute Gasteiger partial charge is 0.486 e. The van der Waals surface area contributed by atoms with Crippen LogP contribution < -0.4 is 0 Å². The Hall–Kier alpha value is -1.15. The molecule has 0 unspecified atom stereocenters. The van der Waals surface area contributed by atoms with Gasteiger partial charge >= 0.3 is 5.97 Å². The van der Waals surface area contributed by atoms with Crippen molar-refractivity contribution in [1.29, 1.82) is 0 Å². The quantitative estimate of drug-likeness (QED) is 0.166. The number of carbonyl (C=O) groups excluding carboxylic acids is 1. The molecule has 1 aliphatic rings. The topological polar surface area (TPSA) is 72.5 Å². The predicted molar refractivity (Wildman–Crippen MR) is 125 cm³/mol. The Bertz CT molecular complexity index is 509. The number of unbranched alkanes of at least 4 members (excludes halogenated alkanes) is 4. The van der Waals surface area contributed by atoms with Crippen molar-refractivity contribution in [1.82, 2.24) is 0 Å². The van der Waals surface area contributed by atoms with Gasteiger partial charge in [-0.25, -0.2) is 4.79 Å². The first-order chi connectivity index (χ1) is 15.6. The summed E-state index contributed by atoms with van der Waals surface area (Å²) in [6, 6.07) is 0. The lowest BCUT2D eigenvalue weighted by Gasteiger charge is -2.43. The van der Waals surface area contributed by atoms with E-state index in [0.717, 1.165) is 51.4 Å². The molecule has 1 aliphatic heterocycles. The number of ether oxygens (including phenoxy) is 6. The van der Waals surface area contributed by atoms with E-state index in [9.17, 15) is 4.79 Å². The van der Waals surface area contributed by atoms with E-state index in [0.29, 0.717) is 38.8 Å². The minimum Gasteiger partial charge on any atom is -0.486 e. The lowest BCUT2D eigenvalue weighted by atomic mass is 9.96. The van der Waals surface area contributed by atoms with Crippen LogP contribution in [0, 0.1) is 0 Å². The molecule has 0 bridgehead atoms. The van der Waals surface area contributed by atoms with E-state index >= 15 is 0 Å². The molecule has 1 fully saturated rings. The molecular weight excluding hydrogens is 412 g/mol. The monoisotopic (exact) mass is 458 g/mol. The Labute approximate surface area is 195 Å². The lowest BCUT2D eigenvalue weighted by Crippen LogP contribution is -2.56. The molecule has 4 atom stereocenters. The van der Waals surface area contributed by atoms with Crippen molar-refractivity contribution in [3.8, 4) is 0 Å². The van der Waals surface area contributed by atoms with Gasteiger partial charge in [-0.3, -0.25) is 0 Å². The summed E-state index contributed by atoms with van der Waals surface area (Å²) in [6.45, 7) is 11.3. The predicted octanol–water partition coefficient (Wildman–Crippen LogP) is 4.81. The zero-order chi connectivity index (χ0) is 23.6. The highest BCUT2D eigenvalue weighted by Crippen LogP contribution is 2.31. The molecule has 1 saturated heterocycles. The Morgan fingerprint density at radius 3 is 1.91 bits per heavy atom. The summed E-state index contributed by atoms with van der Waals surface area (Å²) >= 11 is 0. The zero-order valence-electron chi connectivity index (χ0n) is 20.9. The number of methoxy groups -OCH3 is 1. The maximum atomic E-state index is 12.1. The van der Waals surface area contributed by atoms with Crippen molar-refractivity contribution in [2.75, 3.05) is 40.1 Å². The third kappa shape index (κ3) is 10.6. The molecule has 7 nitrogen and oxygen atoms in total. The number of rotatable bonds is 18. The maximum Gasteiger partial charge on any atom is 0.333 e. The van der Waals surface area contributed by atoms with E-state index in [2.05, 4.69) is 27.7 Å². The van der Waals surface area contributed by atoms with Crippen molar-refractivity contribution in [3.63, 3.8) is 0 Å². The van der Waals surface area contributed by atoms with E-state index in [1.165, 1.54) is 13.2 Å². The fourth-order valence-corrected chi connectivity index (χ4v) is 3.36. The van der Waals surface area contributed by atoms with Gasteiger partial charge < -0.3 is 28.4 Å². The summed E-state index contributed by atoms with van der Waals surface area (Å²) in [4.78, 5) is 12.1. The van der Waals surface area contributed by atoms with Crippen LogP contribution >= 0.6 is 0 Å². The summed E-state index contributed by atoms with van der Waals surface area (Å²) in [5.41, 5.74) is 0. The number of esters is 1. The van der Waals surface area contributed by atoms with Crippen molar-refractivity contribution in [2.45, 2.75) is 103 Å². The molecule has 0 aromatic carbocycles. The normalized spacial score (nSPS) is 24.5. The van der Waals surface area contributed by atoms with Crippen LogP contribution in [-0.4, -0.2) is 70.5 Å². The molecule has 0 N–H and O–H groups in total. The second kappa shape index (κ2) is 18.3. The number of hydrogen-bond acceptors (Lipinski definition) is 7. The Kier molecular flexibility index (Phi) is 16.5. The average Bonchev–Trinajstić information content (AvgIpc) is 2.79.